The Kier molecular flexibility index (Phi) is 4.77. The Morgan fingerprint density at radius 1 is 1.25 bits per heavy atom. The van der Waals surface area contributed by atoms with E-state index in [-0.39, 0.29) is 12.3 Å². The highest BCUT2D eigenvalue weighted by atomic mass is 79.9. The Morgan fingerprint density at radius 3 is 2.70 bits per heavy atom. The molecule has 2 aromatic rings. The Hall–Kier alpha value is -0.983. The second-order valence-electron chi connectivity index (χ2n) is 5.99. The lowest BCUT2D eigenvalue weighted by molar-refractivity contribution is 0.0878. The molecule has 0 amide bonds. The van der Waals surface area contributed by atoms with Gasteiger partial charge in [0.15, 0.2) is 0 Å². The van der Waals surface area contributed by atoms with Crippen LogP contribution in [0, 0.1) is 0 Å². The standard InChI is InChI=1S/C14H19BrN2O2Si/c1-20(2,3)9-8-19-10-17-12-5-6-13(15)16-11(12)4-7-14(17)18/h4-7H,8-10H2,1-3H3. The average molecular weight is 355 g/mol. The minimum atomic E-state index is -1.10. The summed E-state index contributed by atoms with van der Waals surface area (Å²) >= 11 is 3.34. The monoisotopic (exact) mass is 354 g/mol. The van der Waals surface area contributed by atoms with Crippen LogP contribution in [-0.2, 0) is 11.5 Å². The van der Waals surface area contributed by atoms with Crippen molar-refractivity contribution >= 4 is 35.0 Å². The zero-order valence-corrected chi connectivity index (χ0v) is 14.6. The Labute approximate surface area is 127 Å². The third-order valence-corrected chi connectivity index (χ3v) is 5.17. The van der Waals surface area contributed by atoms with Crippen molar-refractivity contribution in [2.45, 2.75) is 32.4 Å². The molecule has 0 radical (unpaired) electrons. The van der Waals surface area contributed by atoms with E-state index >= 15 is 0 Å². The van der Waals surface area contributed by atoms with E-state index in [9.17, 15) is 4.79 Å². The molecule has 0 aliphatic carbocycles. The van der Waals surface area contributed by atoms with Crippen molar-refractivity contribution in [2.24, 2.45) is 0 Å². The van der Waals surface area contributed by atoms with Crippen LogP contribution in [0.2, 0.25) is 25.7 Å². The van der Waals surface area contributed by atoms with Crippen molar-refractivity contribution in [3.8, 4) is 0 Å². The molecule has 0 spiro atoms. The van der Waals surface area contributed by atoms with Gasteiger partial charge >= 0.3 is 0 Å². The van der Waals surface area contributed by atoms with Crippen LogP contribution >= 0.6 is 15.9 Å². The van der Waals surface area contributed by atoms with Crippen LogP contribution in [-0.4, -0.2) is 24.2 Å². The third kappa shape index (κ3) is 4.00. The summed E-state index contributed by atoms with van der Waals surface area (Å²) in [5.41, 5.74) is 1.52. The summed E-state index contributed by atoms with van der Waals surface area (Å²) in [6.45, 7) is 7.90. The van der Waals surface area contributed by atoms with Crippen LogP contribution in [0.5, 0.6) is 0 Å². The smallest absolute Gasteiger partial charge is 0.253 e. The van der Waals surface area contributed by atoms with Gasteiger partial charge in [0.05, 0.1) is 11.0 Å². The van der Waals surface area contributed by atoms with E-state index in [2.05, 4.69) is 40.6 Å². The third-order valence-electron chi connectivity index (χ3n) is 3.03. The van der Waals surface area contributed by atoms with E-state index in [0.717, 1.165) is 21.7 Å². The molecule has 108 valence electrons. The van der Waals surface area contributed by atoms with Gasteiger partial charge in [-0.25, -0.2) is 4.98 Å². The number of rotatable bonds is 5. The molecule has 2 heterocycles. The van der Waals surface area contributed by atoms with Gasteiger partial charge in [-0.15, -0.1) is 0 Å². The molecule has 0 aromatic carbocycles. The normalized spacial score (nSPS) is 12.0. The Morgan fingerprint density at radius 2 is 2.00 bits per heavy atom. The number of hydrogen-bond acceptors (Lipinski definition) is 3. The molecule has 0 aliphatic heterocycles. The highest BCUT2D eigenvalue weighted by molar-refractivity contribution is 9.10. The fourth-order valence-corrected chi connectivity index (χ4v) is 2.90. The van der Waals surface area contributed by atoms with Gasteiger partial charge in [0.2, 0.25) is 0 Å². The minimum Gasteiger partial charge on any atom is -0.361 e. The molecular weight excluding hydrogens is 336 g/mol. The van der Waals surface area contributed by atoms with Crippen LogP contribution < -0.4 is 5.56 Å². The molecule has 2 rings (SSSR count). The summed E-state index contributed by atoms with van der Waals surface area (Å²) in [6.07, 6.45) is 0. The number of aromatic nitrogens is 2. The summed E-state index contributed by atoms with van der Waals surface area (Å²) < 4.78 is 8.06. The van der Waals surface area contributed by atoms with Gasteiger partial charge in [-0.05, 0) is 40.2 Å². The van der Waals surface area contributed by atoms with Crippen molar-refractivity contribution in [1.29, 1.82) is 0 Å². The highest BCUT2D eigenvalue weighted by Crippen LogP contribution is 2.14. The van der Waals surface area contributed by atoms with Gasteiger partial charge in [-0.3, -0.25) is 9.36 Å². The lowest BCUT2D eigenvalue weighted by Gasteiger charge is -2.16. The van der Waals surface area contributed by atoms with E-state index < -0.39 is 8.07 Å². The van der Waals surface area contributed by atoms with E-state index in [0.29, 0.717) is 6.61 Å². The molecule has 4 nitrogen and oxygen atoms in total. The van der Waals surface area contributed by atoms with Gasteiger partial charge < -0.3 is 4.74 Å². The number of fused-ring (bicyclic) bond motifs is 1. The van der Waals surface area contributed by atoms with Crippen LogP contribution in [0.1, 0.15) is 0 Å². The van der Waals surface area contributed by atoms with Crippen LogP contribution in [0.25, 0.3) is 11.0 Å². The number of pyridine rings is 2. The lowest BCUT2D eigenvalue weighted by atomic mass is 10.3. The van der Waals surface area contributed by atoms with E-state index in [1.807, 2.05) is 12.1 Å². The molecule has 20 heavy (non-hydrogen) atoms. The lowest BCUT2D eigenvalue weighted by Crippen LogP contribution is -2.24. The molecule has 6 heteroatoms. The second kappa shape index (κ2) is 6.20. The SMILES string of the molecule is C[Si](C)(C)CCOCn1c(=O)ccc2nc(Br)ccc21. The Bertz CT molecular complexity index is 664. The number of nitrogens with zero attached hydrogens (tertiary/aromatic N) is 2. The molecule has 0 fully saturated rings. The average Bonchev–Trinajstić information content (AvgIpc) is 2.35. The maximum Gasteiger partial charge on any atom is 0.253 e. The minimum absolute atomic E-state index is 0.0605. The molecule has 0 saturated carbocycles. The number of hydrogen-bond donors (Lipinski definition) is 0. The van der Waals surface area contributed by atoms with Crippen molar-refractivity contribution in [2.75, 3.05) is 6.61 Å². The highest BCUT2D eigenvalue weighted by Gasteiger charge is 2.12. The zero-order valence-electron chi connectivity index (χ0n) is 12.0. The summed E-state index contributed by atoms with van der Waals surface area (Å²) in [5.74, 6) is 0. The van der Waals surface area contributed by atoms with E-state index in [4.69, 9.17) is 4.74 Å². The van der Waals surface area contributed by atoms with Crippen molar-refractivity contribution in [3.63, 3.8) is 0 Å². The maximum atomic E-state index is 12.0. The second-order valence-corrected chi connectivity index (χ2v) is 12.4. The summed E-state index contributed by atoms with van der Waals surface area (Å²) in [6, 6.07) is 8.08. The van der Waals surface area contributed by atoms with Crippen molar-refractivity contribution in [3.05, 3.63) is 39.2 Å². The van der Waals surface area contributed by atoms with Gasteiger partial charge in [-0.1, -0.05) is 19.6 Å². The largest absolute Gasteiger partial charge is 0.361 e. The first-order chi connectivity index (χ1) is 9.37. The summed E-state index contributed by atoms with van der Waals surface area (Å²) in [5, 5.41) is 0. The maximum absolute atomic E-state index is 12.0. The Balaban J connectivity index is 2.17. The molecular formula is C14H19BrN2O2Si. The van der Waals surface area contributed by atoms with E-state index in [1.54, 1.807) is 10.6 Å². The first-order valence-corrected chi connectivity index (χ1v) is 11.1. The molecule has 0 N–H and O–H groups in total. The van der Waals surface area contributed by atoms with Crippen LogP contribution in [0.3, 0.4) is 0 Å². The summed E-state index contributed by atoms with van der Waals surface area (Å²) in [4.78, 5) is 16.3. The van der Waals surface area contributed by atoms with E-state index in [1.165, 1.54) is 6.07 Å². The van der Waals surface area contributed by atoms with Crippen LogP contribution in [0.4, 0.5) is 0 Å². The number of halogens is 1. The fraction of sp³-hybridized carbons (Fsp3) is 0.429. The van der Waals surface area contributed by atoms with Gasteiger partial charge in [0, 0.05) is 20.7 Å². The summed E-state index contributed by atoms with van der Waals surface area (Å²) in [7, 11) is -1.10. The van der Waals surface area contributed by atoms with Gasteiger partial charge in [0.25, 0.3) is 5.56 Å². The molecule has 0 unspecified atom stereocenters. The topological polar surface area (TPSA) is 44.1 Å². The number of ether oxygens (including phenoxy) is 1. The molecule has 0 saturated heterocycles. The predicted octanol–water partition coefficient (Wildman–Crippen LogP) is 3.47. The molecule has 0 atom stereocenters. The zero-order chi connectivity index (χ0) is 14.8. The predicted molar refractivity (Wildman–Crippen MR) is 87.8 cm³/mol. The molecule has 0 bridgehead atoms. The first kappa shape index (κ1) is 15.4. The van der Waals surface area contributed by atoms with Crippen molar-refractivity contribution in [1.82, 2.24) is 9.55 Å². The molecule has 2 aromatic heterocycles. The quantitative estimate of drug-likeness (QED) is 0.469. The van der Waals surface area contributed by atoms with Crippen molar-refractivity contribution < 1.29 is 4.74 Å². The molecule has 0 aliphatic rings. The first-order valence-electron chi connectivity index (χ1n) is 6.61. The van der Waals surface area contributed by atoms with Gasteiger partial charge in [-0.2, -0.15) is 0 Å². The fourth-order valence-electron chi connectivity index (χ4n) is 1.82. The van der Waals surface area contributed by atoms with Gasteiger partial charge in [0.1, 0.15) is 11.3 Å². The van der Waals surface area contributed by atoms with Crippen LogP contribution in [0.15, 0.2) is 33.7 Å².